The molecule has 1 aromatic carbocycles. The Morgan fingerprint density at radius 2 is 2.05 bits per heavy atom. The van der Waals surface area contributed by atoms with E-state index in [0.29, 0.717) is 12.6 Å². The van der Waals surface area contributed by atoms with E-state index in [1.807, 2.05) is 30.3 Å². The average molecular weight is 320 g/mol. The molecule has 5 heteroatoms. The molecule has 0 aromatic heterocycles. The van der Waals surface area contributed by atoms with Crippen LogP contribution in [0.5, 0.6) is 0 Å². The summed E-state index contributed by atoms with van der Waals surface area (Å²) < 4.78 is 5.24. The first kappa shape index (κ1) is 15.7. The van der Waals surface area contributed by atoms with Gasteiger partial charge >= 0.3 is 6.09 Å². The lowest BCUT2D eigenvalue weighted by atomic mass is 9.87. The summed E-state index contributed by atoms with van der Waals surface area (Å²) in [4.78, 5) is 11.7. The van der Waals surface area contributed by atoms with E-state index >= 15 is 0 Å². The van der Waals surface area contributed by atoms with Crippen molar-refractivity contribution in [3.8, 4) is 0 Å². The minimum Gasteiger partial charge on any atom is -0.445 e. The maximum absolute atomic E-state index is 11.7. The largest absolute Gasteiger partial charge is 0.445 e. The van der Waals surface area contributed by atoms with E-state index < -0.39 is 0 Å². The Balaban J connectivity index is 1.26. The molecule has 1 heterocycles. The molecule has 1 aromatic rings. The Bertz CT molecular complexity index is 471. The van der Waals surface area contributed by atoms with E-state index in [4.69, 9.17) is 4.74 Å². The molecule has 1 atom stereocenters. The van der Waals surface area contributed by atoms with Crippen LogP contribution >= 0.6 is 11.8 Å². The molecule has 0 radical (unpaired) electrons. The third-order valence-corrected chi connectivity index (χ3v) is 5.73. The third-order valence-electron chi connectivity index (χ3n) is 4.33. The van der Waals surface area contributed by atoms with Crippen LogP contribution in [0.25, 0.3) is 0 Å². The first-order chi connectivity index (χ1) is 10.8. The summed E-state index contributed by atoms with van der Waals surface area (Å²) in [5.74, 6) is 1.31. The minimum absolute atomic E-state index is 0.261. The number of hydrogen-bond donors (Lipinski definition) is 2. The van der Waals surface area contributed by atoms with Gasteiger partial charge in [0.1, 0.15) is 6.61 Å². The maximum Gasteiger partial charge on any atom is 0.407 e. The van der Waals surface area contributed by atoms with E-state index in [0.717, 1.165) is 30.2 Å². The predicted octanol–water partition coefficient (Wildman–Crippen LogP) is 2.93. The monoisotopic (exact) mass is 320 g/mol. The summed E-state index contributed by atoms with van der Waals surface area (Å²) in [6.45, 7) is 1.44. The van der Waals surface area contributed by atoms with Crippen LogP contribution in [0.1, 0.15) is 31.2 Å². The lowest BCUT2D eigenvalue weighted by Crippen LogP contribution is -2.53. The van der Waals surface area contributed by atoms with Crippen molar-refractivity contribution in [1.29, 1.82) is 0 Å². The van der Waals surface area contributed by atoms with Crippen molar-refractivity contribution in [2.45, 2.75) is 49.6 Å². The smallest absolute Gasteiger partial charge is 0.407 e. The van der Waals surface area contributed by atoms with Crippen molar-refractivity contribution in [2.75, 3.05) is 12.3 Å². The van der Waals surface area contributed by atoms with Gasteiger partial charge in [0.05, 0.1) is 0 Å². The number of thioether (sulfide) groups is 1. The molecule has 4 nitrogen and oxygen atoms in total. The lowest BCUT2D eigenvalue weighted by molar-refractivity contribution is 0.125. The number of nitrogens with one attached hydrogen (secondary N) is 2. The second-order valence-electron chi connectivity index (χ2n) is 6.11. The lowest BCUT2D eigenvalue weighted by Gasteiger charge is -2.36. The molecular weight excluding hydrogens is 296 g/mol. The van der Waals surface area contributed by atoms with E-state index in [-0.39, 0.29) is 12.1 Å². The van der Waals surface area contributed by atoms with Crippen molar-refractivity contribution in [2.24, 2.45) is 0 Å². The summed E-state index contributed by atoms with van der Waals surface area (Å²) in [6.07, 6.45) is 4.42. The summed E-state index contributed by atoms with van der Waals surface area (Å²) in [7, 11) is 0. The Morgan fingerprint density at radius 3 is 2.77 bits per heavy atom. The van der Waals surface area contributed by atoms with Gasteiger partial charge in [-0.3, -0.25) is 0 Å². The molecule has 0 bridgehead atoms. The van der Waals surface area contributed by atoms with Gasteiger partial charge in [0.25, 0.3) is 0 Å². The second-order valence-corrected chi connectivity index (χ2v) is 7.52. The highest BCUT2D eigenvalue weighted by Crippen LogP contribution is 2.27. The molecule has 1 aliphatic heterocycles. The molecule has 2 N–H and O–H groups in total. The number of amides is 1. The van der Waals surface area contributed by atoms with Gasteiger partial charge < -0.3 is 15.4 Å². The Kier molecular flexibility index (Phi) is 5.62. The zero-order chi connectivity index (χ0) is 15.2. The normalized spacial score (nSPS) is 27.2. The van der Waals surface area contributed by atoms with Crippen LogP contribution in [0.4, 0.5) is 4.79 Å². The van der Waals surface area contributed by atoms with E-state index in [9.17, 15) is 4.79 Å². The summed E-state index contributed by atoms with van der Waals surface area (Å²) in [5.41, 5.74) is 1.01. The van der Waals surface area contributed by atoms with Crippen LogP contribution in [0.2, 0.25) is 0 Å². The van der Waals surface area contributed by atoms with Crippen molar-refractivity contribution in [3.63, 3.8) is 0 Å². The standard InChI is InChI=1S/C17H24N2O2S/c20-17(21-12-13-5-2-1-3-6-13)19-15-9-14(10-15)18-11-16-7-4-8-22-16/h1-3,5-6,14-16,18H,4,7-12H2,(H,19,20). The molecule has 22 heavy (non-hydrogen) atoms. The number of alkyl carbamates (subject to hydrolysis) is 1. The molecule has 1 saturated heterocycles. The number of hydrogen-bond acceptors (Lipinski definition) is 4. The Labute approximate surface area is 136 Å². The topological polar surface area (TPSA) is 50.4 Å². The van der Waals surface area contributed by atoms with Crippen LogP contribution < -0.4 is 10.6 Å². The van der Waals surface area contributed by atoms with Crippen molar-refractivity contribution < 1.29 is 9.53 Å². The van der Waals surface area contributed by atoms with Crippen molar-refractivity contribution >= 4 is 17.9 Å². The van der Waals surface area contributed by atoms with Crippen LogP contribution in [-0.2, 0) is 11.3 Å². The van der Waals surface area contributed by atoms with E-state index in [1.54, 1.807) is 0 Å². The fourth-order valence-corrected chi connectivity index (χ4v) is 4.15. The molecular formula is C17H24N2O2S. The number of ether oxygens (including phenoxy) is 1. The Morgan fingerprint density at radius 1 is 1.23 bits per heavy atom. The van der Waals surface area contributed by atoms with Gasteiger partial charge in [-0.1, -0.05) is 30.3 Å². The average Bonchev–Trinajstić information content (AvgIpc) is 3.01. The fourth-order valence-electron chi connectivity index (χ4n) is 2.94. The molecule has 1 amide bonds. The van der Waals surface area contributed by atoms with Gasteiger partial charge in [-0.15, -0.1) is 0 Å². The van der Waals surface area contributed by atoms with Gasteiger partial charge in [-0.25, -0.2) is 4.79 Å². The zero-order valence-electron chi connectivity index (χ0n) is 12.8. The molecule has 1 unspecified atom stereocenters. The molecule has 120 valence electrons. The van der Waals surface area contributed by atoms with Gasteiger partial charge in [0.2, 0.25) is 0 Å². The SMILES string of the molecule is O=C(NC1CC(NCC2CCCS2)C1)OCc1ccccc1. The van der Waals surface area contributed by atoms with Gasteiger partial charge in [-0.2, -0.15) is 11.8 Å². The molecule has 1 saturated carbocycles. The molecule has 2 aliphatic rings. The summed E-state index contributed by atoms with van der Waals surface area (Å²) in [6, 6.07) is 10.6. The highest BCUT2D eigenvalue weighted by Gasteiger charge is 2.31. The first-order valence-electron chi connectivity index (χ1n) is 8.12. The first-order valence-corrected chi connectivity index (χ1v) is 9.16. The highest BCUT2D eigenvalue weighted by molar-refractivity contribution is 8.00. The quantitative estimate of drug-likeness (QED) is 0.846. The molecule has 0 spiro atoms. The number of benzene rings is 1. The van der Waals surface area contributed by atoms with Crippen LogP contribution in [-0.4, -0.2) is 35.7 Å². The predicted molar refractivity (Wildman–Crippen MR) is 90.1 cm³/mol. The minimum atomic E-state index is -0.307. The van der Waals surface area contributed by atoms with E-state index in [2.05, 4.69) is 22.4 Å². The van der Waals surface area contributed by atoms with Crippen molar-refractivity contribution in [3.05, 3.63) is 35.9 Å². The van der Waals surface area contributed by atoms with Crippen LogP contribution in [0.3, 0.4) is 0 Å². The third kappa shape index (κ3) is 4.65. The molecule has 1 aliphatic carbocycles. The molecule has 2 fully saturated rings. The zero-order valence-corrected chi connectivity index (χ0v) is 13.6. The summed E-state index contributed by atoms with van der Waals surface area (Å²) >= 11 is 2.08. The van der Waals surface area contributed by atoms with Gasteiger partial charge in [0, 0.05) is 23.9 Å². The van der Waals surface area contributed by atoms with Gasteiger partial charge in [-0.05, 0) is 37.0 Å². The van der Waals surface area contributed by atoms with Gasteiger partial charge in [0.15, 0.2) is 0 Å². The van der Waals surface area contributed by atoms with Crippen LogP contribution in [0, 0.1) is 0 Å². The maximum atomic E-state index is 11.7. The molecule has 3 rings (SSSR count). The highest BCUT2D eigenvalue weighted by atomic mass is 32.2. The number of carbonyl (C=O) groups is 1. The Hall–Kier alpha value is -1.20. The number of carbonyl (C=O) groups excluding carboxylic acids is 1. The summed E-state index contributed by atoms with van der Waals surface area (Å²) in [5, 5.41) is 7.34. The van der Waals surface area contributed by atoms with Crippen LogP contribution in [0.15, 0.2) is 30.3 Å². The fraction of sp³-hybridized carbons (Fsp3) is 0.588. The number of rotatable bonds is 6. The van der Waals surface area contributed by atoms with E-state index in [1.165, 1.54) is 18.6 Å². The van der Waals surface area contributed by atoms with Crippen molar-refractivity contribution in [1.82, 2.24) is 10.6 Å². The second kappa shape index (κ2) is 7.88.